The van der Waals surface area contributed by atoms with Gasteiger partial charge in [-0.3, -0.25) is 4.90 Å². The van der Waals surface area contributed by atoms with Crippen LogP contribution >= 0.6 is 0 Å². The molecule has 0 aromatic rings. The van der Waals surface area contributed by atoms with Gasteiger partial charge in [0.05, 0.1) is 11.2 Å². The lowest BCUT2D eigenvalue weighted by atomic mass is 9.94. The first kappa shape index (κ1) is 15.2. The van der Waals surface area contributed by atoms with Gasteiger partial charge in [0.2, 0.25) is 0 Å². The third kappa shape index (κ3) is 4.15. The standard InChI is InChI=1S/C15H31N3O/c1-14(2)11-18(12-15(3,4)19-14)13-5-8-17(9-6-13)10-7-16/h13H,5-12,16H2,1-4H3. The van der Waals surface area contributed by atoms with Gasteiger partial charge in [-0.05, 0) is 53.6 Å². The van der Waals surface area contributed by atoms with Gasteiger partial charge in [0.25, 0.3) is 0 Å². The number of hydrogen-bond donors (Lipinski definition) is 1. The van der Waals surface area contributed by atoms with Gasteiger partial charge in [0.1, 0.15) is 0 Å². The summed E-state index contributed by atoms with van der Waals surface area (Å²) in [6, 6.07) is 0.719. The summed E-state index contributed by atoms with van der Waals surface area (Å²) >= 11 is 0. The van der Waals surface area contributed by atoms with Crippen molar-refractivity contribution in [3.8, 4) is 0 Å². The minimum atomic E-state index is -0.0316. The molecule has 2 heterocycles. The van der Waals surface area contributed by atoms with E-state index in [1.54, 1.807) is 0 Å². The smallest absolute Gasteiger partial charge is 0.0760 e. The van der Waals surface area contributed by atoms with Crippen molar-refractivity contribution >= 4 is 0 Å². The highest BCUT2D eigenvalue weighted by atomic mass is 16.5. The number of nitrogens with zero attached hydrogens (tertiary/aromatic N) is 2. The molecule has 112 valence electrons. The van der Waals surface area contributed by atoms with Gasteiger partial charge in [0.15, 0.2) is 0 Å². The Bertz CT molecular complexity index is 280. The predicted molar refractivity (Wildman–Crippen MR) is 79.3 cm³/mol. The molecule has 2 N–H and O–H groups in total. The summed E-state index contributed by atoms with van der Waals surface area (Å²) < 4.78 is 6.17. The van der Waals surface area contributed by atoms with Crippen molar-refractivity contribution < 1.29 is 4.74 Å². The molecular weight excluding hydrogens is 238 g/mol. The Hall–Kier alpha value is -0.160. The van der Waals surface area contributed by atoms with Gasteiger partial charge in [-0.25, -0.2) is 0 Å². The zero-order valence-corrected chi connectivity index (χ0v) is 13.1. The quantitative estimate of drug-likeness (QED) is 0.838. The molecule has 0 radical (unpaired) electrons. The molecule has 0 aromatic heterocycles. The molecule has 19 heavy (non-hydrogen) atoms. The number of hydrogen-bond acceptors (Lipinski definition) is 4. The van der Waals surface area contributed by atoms with Crippen LogP contribution in [0.5, 0.6) is 0 Å². The van der Waals surface area contributed by atoms with Gasteiger partial charge in [-0.15, -0.1) is 0 Å². The van der Waals surface area contributed by atoms with Crippen LogP contribution in [-0.4, -0.2) is 66.3 Å². The van der Waals surface area contributed by atoms with Crippen LogP contribution < -0.4 is 5.73 Å². The molecule has 0 saturated carbocycles. The normalized spacial score (nSPS) is 29.5. The average molecular weight is 269 g/mol. The van der Waals surface area contributed by atoms with E-state index in [9.17, 15) is 0 Å². The van der Waals surface area contributed by atoms with Crippen LogP contribution in [0.4, 0.5) is 0 Å². The molecular formula is C15H31N3O. The second kappa shape index (κ2) is 5.68. The summed E-state index contributed by atoms with van der Waals surface area (Å²) in [5.74, 6) is 0. The molecule has 0 atom stereocenters. The minimum Gasteiger partial charge on any atom is -0.367 e. The maximum Gasteiger partial charge on any atom is 0.0760 e. The van der Waals surface area contributed by atoms with Crippen LogP contribution in [-0.2, 0) is 4.74 Å². The Balaban J connectivity index is 1.92. The third-order valence-corrected chi connectivity index (χ3v) is 4.24. The Kier molecular flexibility index (Phi) is 4.56. The Morgan fingerprint density at radius 1 is 1.05 bits per heavy atom. The van der Waals surface area contributed by atoms with Gasteiger partial charge in [-0.1, -0.05) is 0 Å². The summed E-state index contributed by atoms with van der Waals surface area (Å²) in [7, 11) is 0. The van der Waals surface area contributed by atoms with E-state index in [0.29, 0.717) is 0 Å². The first-order chi connectivity index (χ1) is 8.81. The Morgan fingerprint density at radius 2 is 1.58 bits per heavy atom. The number of ether oxygens (including phenoxy) is 1. The van der Waals surface area contributed by atoms with Crippen LogP contribution in [0.3, 0.4) is 0 Å². The average Bonchev–Trinajstić information content (AvgIpc) is 2.26. The number of nitrogens with two attached hydrogens (primary N) is 1. The number of piperidine rings is 1. The molecule has 0 aromatic carbocycles. The molecule has 4 nitrogen and oxygen atoms in total. The fourth-order valence-corrected chi connectivity index (χ4v) is 3.80. The molecule has 2 saturated heterocycles. The van der Waals surface area contributed by atoms with Crippen molar-refractivity contribution in [2.45, 2.75) is 57.8 Å². The van der Waals surface area contributed by atoms with E-state index in [-0.39, 0.29) is 11.2 Å². The maximum absolute atomic E-state index is 6.17. The third-order valence-electron chi connectivity index (χ3n) is 4.24. The lowest BCUT2D eigenvalue weighted by molar-refractivity contribution is -0.190. The van der Waals surface area contributed by atoms with Crippen molar-refractivity contribution in [2.24, 2.45) is 5.73 Å². The fraction of sp³-hybridized carbons (Fsp3) is 1.00. The molecule has 0 unspecified atom stereocenters. The van der Waals surface area contributed by atoms with Crippen LogP contribution in [0.25, 0.3) is 0 Å². The molecule has 2 aliphatic heterocycles. The van der Waals surface area contributed by atoms with Crippen LogP contribution in [0.1, 0.15) is 40.5 Å². The first-order valence-corrected chi connectivity index (χ1v) is 7.68. The summed E-state index contributed by atoms with van der Waals surface area (Å²) in [6.07, 6.45) is 2.54. The topological polar surface area (TPSA) is 41.7 Å². The lowest BCUT2D eigenvalue weighted by Gasteiger charge is -2.51. The maximum atomic E-state index is 6.17. The van der Waals surface area contributed by atoms with E-state index in [4.69, 9.17) is 10.5 Å². The first-order valence-electron chi connectivity index (χ1n) is 7.68. The van der Waals surface area contributed by atoms with E-state index in [2.05, 4.69) is 37.5 Å². The van der Waals surface area contributed by atoms with Crippen molar-refractivity contribution in [1.29, 1.82) is 0 Å². The SMILES string of the molecule is CC1(C)CN(C2CCN(CCN)CC2)CC(C)(C)O1. The monoisotopic (exact) mass is 269 g/mol. The molecule has 4 heteroatoms. The van der Waals surface area contributed by atoms with Crippen LogP contribution in [0.2, 0.25) is 0 Å². The number of morpholine rings is 1. The molecule has 0 amide bonds. The molecule has 0 spiro atoms. The van der Waals surface area contributed by atoms with Crippen LogP contribution in [0.15, 0.2) is 0 Å². The van der Waals surface area contributed by atoms with Crippen LogP contribution in [0, 0.1) is 0 Å². The number of rotatable bonds is 3. The van der Waals surface area contributed by atoms with Crippen molar-refractivity contribution in [3.63, 3.8) is 0 Å². The van der Waals surface area contributed by atoms with E-state index < -0.39 is 0 Å². The van der Waals surface area contributed by atoms with Gasteiger partial charge < -0.3 is 15.4 Å². The van der Waals surface area contributed by atoms with Crippen molar-refractivity contribution in [3.05, 3.63) is 0 Å². The summed E-state index contributed by atoms with van der Waals surface area (Å²) in [6.45, 7) is 15.2. The van der Waals surface area contributed by atoms with Crippen molar-refractivity contribution in [2.75, 3.05) is 39.3 Å². The van der Waals surface area contributed by atoms with E-state index in [1.165, 1.54) is 25.9 Å². The Morgan fingerprint density at radius 3 is 2.05 bits per heavy atom. The molecule has 2 fully saturated rings. The zero-order valence-electron chi connectivity index (χ0n) is 13.1. The second-order valence-corrected chi connectivity index (χ2v) is 7.39. The summed E-state index contributed by atoms with van der Waals surface area (Å²) in [4.78, 5) is 5.15. The highest BCUT2D eigenvalue weighted by Gasteiger charge is 2.40. The summed E-state index contributed by atoms with van der Waals surface area (Å²) in [5, 5.41) is 0. The highest BCUT2D eigenvalue weighted by molar-refractivity contribution is 4.93. The van der Waals surface area contributed by atoms with Gasteiger partial charge in [-0.2, -0.15) is 0 Å². The summed E-state index contributed by atoms with van der Waals surface area (Å²) in [5.41, 5.74) is 5.58. The highest BCUT2D eigenvalue weighted by Crippen LogP contribution is 2.31. The molecule has 0 bridgehead atoms. The van der Waals surface area contributed by atoms with Gasteiger partial charge in [0, 0.05) is 32.2 Å². The second-order valence-electron chi connectivity index (χ2n) is 7.39. The predicted octanol–water partition coefficient (Wildman–Crippen LogP) is 1.30. The molecule has 0 aliphatic carbocycles. The number of likely N-dealkylation sites (tertiary alicyclic amines) is 1. The molecule has 2 rings (SSSR count). The Labute approximate surface area is 118 Å². The minimum absolute atomic E-state index is 0.0316. The van der Waals surface area contributed by atoms with E-state index in [0.717, 1.165) is 32.2 Å². The van der Waals surface area contributed by atoms with E-state index >= 15 is 0 Å². The zero-order chi connectivity index (χ0) is 14.1. The lowest BCUT2D eigenvalue weighted by Crippen LogP contribution is -2.61. The largest absolute Gasteiger partial charge is 0.367 e. The van der Waals surface area contributed by atoms with Crippen molar-refractivity contribution in [1.82, 2.24) is 9.80 Å². The van der Waals surface area contributed by atoms with Gasteiger partial charge >= 0.3 is 0 Å². The fourth-order valence-electron chi connectivity index (χ4n) is 3.80. The van der Waals surface area contributed by atoms with E-state index in [1.807, 2.05) is 0 Å². The molecule has 2 aliphatic rings.